The molecule has 94 valence electrons. The van der Waals surface area contributed by atoms with Crippen molar-refractivity contribution in [2.45, 2.75) is 6.42 Å². The zero-order chi connectivity index (χ0) is 12.8. The Hall–Kier alpha value is -1.55. The zero-order valence-corrected chi connectivity index (χ0v) is 11.0. The number of hydrogen-bond acceptors (Lipinski definition) is 3. The van der Waals surface area contributed by atoms with E-state index in [1.807, 2.05) is 62.3 Å². The monoisotopic (exact) mass is 235 g/mol. The Balaban J connectivity index is 2.56. The summed E-state index contributed by atoms with van der Waals surface area (Å²) in [5.41, 5.74) is 1.93. The van der Waals surface area contributed by atoms with Crippen LogP contribution in [0, 0.1) is 0 Å². The fourth-order valence-electron chi connectivity index (χ4n) is 1.41. The van der Waals surface area contributed by atoms with E-state index in [2.05, 4.69) is 5.32 Å². The van der Waals surface area contributed by atoms with E-state index in [1.54, 1.807) is 0 Å². The van der Waals surface area contributed by atoms with E-state index in [-0.39, 0.29) is 5.91 Å². The molecule has 0 saturated heterocycles. The smallest absolute Gasteiger partial charge is 0.225 e. The molecule has 1 aromatic carbocycles. The first kappa shape index (κ1) is 13.5. The van der Waals surface area contributed by atoms with Crippen LogP contribution in [0.25, 0.3) is 0 Å². The third-order valence-electron chi connectivity index (χ3n) is 2.43. The van der Waals surface area contributed by atoms with Crippen molar-refractivity contribution in [1.29, 1.82) is 0 Å². The van der Waals surface area contributed by atoms with E-state index in [0.29, 0.717) is 6.42 Å². The molecule has 17 heavy (non-hydrogen) atoms. The molecule has 0 aliphatic heterocycles. The second-order valence-electron chi connectivity index (χ2n) is 4.55. The van der Waals surface area contributed by atoms with Gasteiger partial charge in [-0.1, -0.05) is 6.07 Å². The third-order valence-corrected chi connectivity index (χ3v) is 2.43. The predicted molar refractivity (Wildman–Crippen MR) is 72.6 cm³/mol. The first-order chi connectivity index (χ1) is 7.99. The molecule has 0 fully saturated rings. The Morgan fingerprint density at radius 1 is 1.24 bits per heavy atom. The molecular weight excluding hydrogens is 214 g/mol. The fourth-order valence-corrected chi connectivity index (χ4v) is 1.41. The van der Waals surface area contributed by atoms with Gasteiger partial charge >= 0.3 is 0 Å². The van der Waals surface area contributed by atoms with Crippen molar-refractivity contribution in [2.75, 3.05) is 45.0 Å². The van der Waals surface area contributed by atoms with Crippen LogP contribution in [-0.2, 0) is 4.79 Å². The van der Waals surface area contributed by atoms with Crippen LogP contribution in [0.1, 0.15) is 6.42 Å². The average Bonchev–Trinajstić information content (AvgIpc) is 2.26. The van der Waals surface area contributed by atoms with E-state index >= 15 is 0 Å². The number of rotatable bonds is 5. The molecule has 0 heterocycles. The summed E-state index contributed by atoms with van der Waals surface area (Å²) >= 11 is 0. The summed E-state index contributed by atoms with van der Waals surface area (Å²) in [5, 5.41) is 2.90. The van der Waals surface area contributed by atoms with Gasteiger partial charge in [-0.15, -0.1) is 0 Å². The predicted octanol–water partition coefficient (Wildman–Crippen LogP) is 1.64. The van der Waals surface area contributed by atoms with Crippen LogP contribution in [0.4, 0.5) is 11.4 Å². The van der Waals surface area contributed by atoms with E-state index < -0.39 is 0 Å². The highest BCUT2D eigenvalue weighted by Gasteiger charge is 2.04. The van der Waals surface area contributed by atoms with Crippen LogP contribution in [-0.4, -0.2) is 45.5 Å². The minimum atomic E-state index is 0.0506. The standard InChI is InChI=1S/C13H21N3O/c1-15(2)9-8-13(17)14-11-6-5-7-12(10-11)16(3)4/h5-7,10H,8-9H2,1-4H3,(H,14,17). The van der Waals surface area contributed by atoms with Gasteiger partial charge in [0.25, 0.3) is 0 Å². The lowest BCUT2D eigenvalue weighted by Crippen LogP contribution is -2.20. The molecule has 1 amide bonds. The molecule has 0 bridgehead atoms. The number of benzene rings is 1. The van der Waals surface area contributed by atoms with Crippen molar-refractivity contribution in [1.82, 2.24) is 4.90 Å². The first-order valence-corrected chi connectivity index (χ1v) is 5.71. The van der Waals surface area contributed by atoms with Crippen LogP contribution in [0.15, 0.2) is 24.3 Å². The second kappa shape index (κ2) is 6.25. The van der Waals surface area contributed by atoms with Gasteiger partial charge in [-0.2, -0.15) is 0 Å². The van der Waals surface area contributed by atoms with E-state index in [1.165, 1.54) is 0 Å². The van der Waals surface area contributed by atoms with Gasteiger partial charge in [0.15, 0.2) is 0 Å². The van der Waals surface area contributed by atoms with Crippen molar-refractivity contribution in [3.05, 3.63) is 24.3 Å². The van der Waals surface area contributed by atoms with Gasteiger partial charge in [0.05, 0.1) is 0 Å². The molecule has 4 nitrogen and oxygen atoms in total. The molecule has 1 aromatic rings. The lowest BCUT2D eigenvalue weighted by Gasteiger charge is -2.14. The summed E-state index contributed by atoms with van der Waals surface area (Å²) in [7, 11) is 7.87. The lowest BCUT2D eigenvalue weighted by atomic mass is 10.2. The van der Waals surface area contributed by atoms with Gasteiger partial charge in [0, 0.05) is 38.4 Å². The van der Waals surface area contributed by atoms with Gasteiger partial charge in [-0.25, -0.2) is 0 Å². The van der Waals surface area contributed by atoms with Gasteiger partial charge in [0.1, 0.15) is 0 Å². The van der Waals surface area contributed by atoms with Crippen LogP contribution < -0.4 is 10.2 Å². The Kier molecular flexibility index (Phi) is 4.97. The molecule has 0 unspecified atom stereocenters. The van der Waals surface area contributed by atoms with Crippen molar-refractivity contribution < 1.29 is 4.79 Å². The molecule has 4 heteroatoms. The Morgan fingerprint density at radius 3 is 2.53 bits per heavy atom. The maximum Gasteiger partial charge on any atom is 0.225 e. The molecule has 0 aliphatic carbocycles. The second-order valence-corrected chi connectivity index (χ2v) is 4.55. The molecule has 1 N–H and O–H groups in total. The van der Waals surface area contributed by atoms with Crippen molar-refractivity contribution in [3.63, 3.8) is 0 Å². The number of carbonyl (C=O) groups excluding carboxylic acids is 1. The maximum atomic E-state index is 11.6. The highest BCUT2D eigenvalue weighted by Crippen LogP contribution is 2.17. The number of amides is 1. The van der Waals surface area contributed by atoms with Crippen LogP contribution in [0.3, 0.4) is 0 Å². The molecular formula is C13H21N3O. The number of nitrogens with zero attached hydrogens (tertiary/aromatic N) is 2. The zero-order valence-electron chi connectivity index (χ0n) is 11.0. The Morgan fingerprint density at radius 2 is 1.94 bits per heavy atom. The lowest BCUT2D eigenvalue weighted by molar-refractivity contribution is -0.116. The normalized spacial score (nSPS) is 10.4. The number of anilines is 2. The van der Waals surface area contributed by atoms with E-state index in [9.17, 15) is 4.79 Å². The largest absolute Gasteiger partial charge is 0.378 e. The quantitative estimate of drug-likeness (QED) is 0.843. The highest BCUT2D eigenvalue weighted by atomic mass is 16.1. The van der Waals surface area contributed by atoms with Crippen molar-refractivity contribution in [3.8, 4) is 0 Å². The summed E-state index contributed by atoms with van der Waals surface area (Å²) in [6.07, 6.45) is 0.513. The van der Waals surface area contributed by atoms with E-state index in [4.69, 9.17) is 0 Å². The maximum absolute atomic E-state index is 11.6. The summed E-state index contributed by atoms with van der Waals surface area (Å²) < 4.78 is 0. The summed E-state index contributed by atoms with van der Waals surface area (Å²) in [6, 6.07) is 7.82. The topological polar surface area (TPSA) is 35.6 Å². The molecule has 0 radical (unpaired) electrons. The minimum Gasteiger partial charge on any atom is -0.378 e. The van der Waals surface area contributed by atoms with Gasteiger partial charge < -0.3 is 15.1 Å². The summed E-state index contributed by atoms with van der Waals surface area (Å²) in [4.78, 5) is 15.7. The molecule has 0 aliphatic rings. The third kappa shape index (κ3) is 4.87. The van der Waals surface area contributed by atoms with Crippen molar-refractivity contribution >= 4 is 17.3 Å². The van der Waals surface area contributed by atoms with Gasteiger partial charge in [0.2, 0.25) is 5.91 Å². The molecule has 0 atom stereocenters. The average molecular weight is 235 g/mol. The minimum absolute atomic E-state index is 0.0506. The van der Waals surface area contributed by atoms with E-state index in [0.717, 1.165) is 17.9 Å². The number of nitrogens with one attached hydrogen (secondary N) is 1. The highest BCUT2D eigenvalue weighted by molar-refractivity contribution is 5.91. The first-order valence-electron chi connectivity index (χ1n) is 5.71. The molecule has 0 spiro atoms. The molecule has 0 saturated carbocycles. The van der Waals surface area contributed by atoms with Gasteiger partial charge in [-0.3, -0.25) is 4.79 Å². The van der Waals surface area contributed by atoms with Gasteiger partial charge in [-0.05, 0) is 32.3 Å². The van der Waals surface area contributed by atoms with Crippen molar-refractivity contribution in [2.24, 2.45) is 0 Å². The summed E-state index contributed by atoms with van der Waals surface area (Å²) in [5.74, 6) is 0.0506. The van der Waals surface area contributed by atoms with Crippen LogP contribution >= 0.6 is 0 Å². The Bertz CT molecular complexity index is 375. The van der Waals surface area contributed by atoms with Crippen LogP contribution in [0.2, 0.25) is 0 Å². The number of carbonyl (C=O) groups is 1. The molecule has 0 aromatic heterocycles. The Labute approximate surface area is 103 Å². The van der Waals surface area contributed by atoms with Crippen LogP contribution in [0.5, 0.6) is 0 Å². The summed E-state index contributed by atoms with van der Waals surface area (Å²) in [6.45, 7) is 0.763. The molecule has 1 rings (SSSR count). The SMILES string of the molecule is CN(C)CCC(=O)Nc1cccc(N(C)C)c1. The fraction of sp³-hybridized carbons (Fsp3) is 0.462. The number of hydrogen-bond donors (Lipinski definition) is 1.